The summed E-state index contributed by atoms with van der Waals surface area (Å²) >= 11 is 0. The maximum absolute atomic E-state index is 10.4. The van der Waals surface area contributed by atoms with Crippen molar-refractivity contribution >= 4 is 0 Å². The van der Waals surface area contributed by atoms with E-state index < -0.39 is 0 Å². The number of aliphatic hydroxyl groups is 1. The fourth-order valence-corrected chi connectivity index (χ4v) is 5.52. The summed E-state index contributed by atoms with van der Waals surface area (Å²) in [6.45, 7) is 12.3. The van der Waals surface area contributed by atoms with Gasteiger partial charge in [0.15, 0.2) is 0 Å². The number of piperidine rings is 1. The summed E-state index contributed by atoms with van der Waals surface area (Å²) in [4.78, 5) is 2.45. The van der Waals surface area contributed by atoms with Crippen molar-refractivity contribution in [1.82, 2.24) is 4.90 Å². The van der Waals surface area contributed by atoms with Crippen LogP contribution >= 0.6 is 0 Å². The molecule has 0 aromatic heterocycles. The maximum Gasteiger partial charge on any atom is 0.0689 e. The van der Waals surface area contributed by atoms with Gasteiger partial charge in [0.1, 0.15) is 0 Å². The zero-order valence-electron chi connectivity index (χ0n) is 15.7. The first-order chi connectivity index (χ1) is 10.8. The molecule has 3 rings (SSSR count). The number of hydrogen-bond acceptors (Lipinski definition) is 3. The third kappa shape index (κ3) is 3.21. The van der Waals surface area contributed by atoms with Crippen LogP contribution in [0.2, 0.25) is 0 Å². The predicted molar refractivity (Wildman–Crippen MR) is 94.5 cm³/mol. The van der Waals surface area contributed by atoms with Crippen LogP contribution in [0.3, 0.4) is 0 Å². The molecule has 5 unspecified atom stereocenters. The Morgan fingerprint density at radius 3 is 2.61 bits per heavy atom. The molecule has 23 heavy (non-hydrogen) atoms. The van der Waals surface area contributed by atoms with E-state index in [4.69, 9.17) is 4.74 Å². The van der Waals surface area contributed by atoms with E-state index in [1.165, 1.54) is 38.5 Å². The van der Waals surface area contributed by atoms with Gasteiger partial charge in [0, 0.05) is 19.2 Å². The molecule has 0 aromatic rings. The molecule has 3 fully saturated rings. The van der Waals surface area contributed by atoms with Crippen molar-refractivity contribution in [3.63, 3.8) is 0 Å². The minimum Gasteiger partial charge on any atom is -0.392 e. The first-order valence-electron chi connectivity index (χ1n) is 9.88. The van der Waals surface area contributed by atoms with Crippen LogP contribution in [0.15, 0.2) is 0 Å². The van der Waals surface area contributed by atoms with E-state index in [9.17, 15) is 5.11 Å². The molecule has 2 bridgehead atoms. The van der Waals surface area contributed by atoms with Gasteiger partial charge in [0.2, 0.25) is 0 Å². The van der Waals surface area contributed by atoms with E-state index in [0.717, 1.165) is 25.4 Å². The summed E-state index contributed by atoms with van der Waals surface area (Å²) in [7, 11) is 0. The van der Waals surface area contributed by atoms with E-state index in [0.29, 0.717) is 29.6 Å². The Morgan fingerprint density at radius 2 is 2.00 bits per heavy atom. The molecule has 1 N–H and O–H groups in total. The Morgan fingerprint density at radius 1 is 1.22 bits per heavy atom. The Hall–Kier alpha value is -0.120. The molecule has 2 aliphatic carbocycles. The molecule has 1 heterocycles. The van der Waals surface area contributed by atoms with Crippen LogP contribution in [0, 0.1) is 16.7 Å². The summed E-state index contributed by atoms with van der Waals surface area (Å²) in [5.74, 6) is 0.830. The second-order valence-corrected chi connectivity index (χ2v) is 9.25. The predicted octanol–water partition coefficient (Wildman–Crippen LogP) is 3.84. The average molecular weight is 324 g/mol. The van der Waals surface area contributed by atoms with Gasteiger partial charge in [-0.3, -0.25) is 4.90 Å². The fraction of sp³-hybridized carbons (Fsp3) is 1.00. The molecule has 0 amide bonds. The van der Waals surface area contributed by atoms with Crippen molar-refractivity contribution in [2.24, 2.45) is 16.7 Å². The molecule has 1 aliphatic heterocycles. The summed E-state index contributed by atoms with van der Waals surface area (Å²) in [6, 6.07) is 0.629. The van der Waals surface area contributed by atoms with Crippen molar-refractivity contribution in [2.45, 2.75) is 90.9 Å². The Bertz CT molecular complexity index is 410. The monoisotopic (exact) mass is 323 g/mol. The van der Waals surface area contributed by atoms with Crippen molar-refractivity contribution in [2.75, 3.05) is 19.7 Å². The molecular weight excluding hydrogens is 286 g/mol. The van der Waals surface area contributed by atoms with Gasteiger partial charge in [-0.2, -0.15) is 0 Å². The van der Waals surface area contributed by atoms with Crippen LogP contribution in [-0.2, 0) is 4.74 Å². The number of likely N-dealkylation sites (tertiary alicyclic amines) is 1. The molecule has 2 saturated carbocycles. The smallest absolute Gasteiger partial charge is 0.0689 e. The molecule has 134 valence electrons. The molecule has 0 spiro atoms. The van der Waals surface area contributed by atoms with Gasteiger partial charge in [0.25, 0.3) is 0 Å². The van der Waals surface area contributed by atoms with Crippen LogP contribution in [0.5, 0.6) is 0 Å². The van der Waals surface area contributed by atoms with E-state index >= 15 is 0 Å². The second kappa shape index (κ2) is 6.65. The lowest BCUT2D eigenvalue weighted by molar-refractivity contribution is -0.0574. The van der Waals surface area contributed by atoms with Gasteiger partial charge in [-0.25, -0.2) is 0 Å². The SMILES string of the molecule is CC1CCCCN1CC(O)CCOC1CC2CCC1(C)C2(C)C. The number of rotatable bonds is 6. The first-order valence-corrected chi connectivity index (χ1v) is 9.88. The zero-order valence-corrected chi connectivity index (χ0v) is 15.7. The van der Waals surface area contributed by atoms with Gasteiger partial charge in [0.05, 0.1) is 12.2 Å². The molecule has 1 saturated heterocycles. The zero-order chi connectivity index (χ0) is 16.7. The number of β-amino-alcohol motifs (C(OH)–C–C–N with tert-alkyl or cyclic N) is 1. The first kappa shape index (κ1) is 17.7. The van der Waals surface area contributed by atoms with Crippen molar-refractivity contribution in [1.29, 1.82) is 0 Å². The van der Waals surface area contributed by atoms with E-state index in [1.807, 2.05) is 0 Å². The highest BCUT2D eigenvalue weighted by Crippen LogP contribution is 2.66. The summed E-state index contributed by atoms with van der Waals surface area (Å²) in [5.41, 5.74) is 0.753. The van der Waals surface area contributed by atoms with Crippen molar-refractivity contribution in [3.8, 4) is 0 Å². The molecule has 3 aliphatic rings. The summed E-state index contributed by atoms with van der Waals surface area (Å²) in [5, 5.41) is 10.4. The van der Waals surface area contributed by atoms with Crippen LogP contribution in [0.25, 0.3) is 0 Å². The Labute approximate surface area is 142 Å². The Kier molecular flexibility index (Phi) is 5.11. The van der Waals surface area contributed by atoms with E-state index in [-0.39, 0.29) is 6.10 Å². The summed E-state index contributed by atoms with van der Waals surface area (Å²) < 4.78 is 6.28. The number of ether oxygens (including phenoxy) is 1. The molecule has 3 heteroatoms. The number of aliphatic hydroxyl groups excluding tert-OH is 1. The van der Waals surface area contributed by atoms with Gasteiger partial charge in [-0.05, 0) is 68.7 Å². The van der Waals surface area contributed by atoms with E-state index in [1.54, 1.807) is 0 Å². The lowest BCUT2D eigenvalue weighted by atomic mass is 9.70. The minimum absolute atomic E-state index is 0.241. The molecule has 0 aromatic carbocycles. The van der Waals surface area contributed by atoms with Crippen molar-refractivity contribution in [3.05, 3.63) is 0 Å². The lowest BCUT2D eigenvalue weighted by Crippen LogP contribution is -2.42. The van der Waals surface area contributed by atoms with Crippen LogP contribution in [-0.4, -0.2) is 48.0 Å². The highest BCUT2D eigenvalue weighted by molar-refractivity contribution is 5.11. The lowest BCUT2D eigenvalue weighted by Gasteiger charge is -2.39. The normalized spacial score (nSPS) is 41.3. The standard InChI is InChI=1S/C20H37NO2/c1-15-7-5-6-11-21(15)14-17(22)9-12-23-18-13-16-8-10-20(18,4)19(16,2)3/h15-18,22H,5-14H2,1-4H3. The molecule has 5 atom stereocenters. The van der Waals surface area contributed by atoms with Crippen molar-refractivity contribution < 1.29 is 9.84 Å². The molecule has 0 radical (unpaired) electrons. The number of fused-ring (bicyclic) bond motifs is 2. The highest BCUT2D eigenvalue weighted by Gasteiger charge is 2.61. The van der Waals surface area contributed by atoms with Gasteiger partial charge in [-0.1, -0.05) is 27.2 Å². The van der Waals surface area contributed by atoms with E-state index in [2.05, 4.69) is 32.6 Å². The van der Waals surface area contributed by atoms with Crippen LogP contribution < -0.4 is 0 Å². The largest absolute Gasteiger partial charge is 0.392 e. The highest BCUT2D eigenvalue weighted by atomic mass is 16.5. The topological polar surface area (TPSA) is 32.7 Å². The Balaban J connectivity index is 1.42. The fourth-order valence-electron chi connectivity index (χ4n) is 5.52. The molecular formula is C20H37NO2. The van der Waals surface area contributed by atoms with Crippen LogP contribution in [0.4, 0.5) is 0 Å². The minimum atomic E-state index is -0.241. The third-order valence-electron chi connectivity index (χ3n) is 7.87. The third-order valence-corrected chi connectivity index (χ3v) is 7.87. The average Bonchev–Trinajstić information content (AvgIpc) is 2.83. The number of nitrogens with zero attached hydrogens (tertiary/aromatic N) is 1. The summed E-state index contributed by atoms with van der Waals surface area (Å²) in [6.07, 6.45) is 8.75. The van der Waals surface area contributed by atoms with Gasteiger partial charge < -0.3 is 9.84 Å². The second-order valence-electron chi connectivity index (χ2n) is 9.25. The van der Waals surface area contributed by atoms with Gasteiger partial charge >= 0.3 is 0 Å². The van der Waals surface area contributed by atoms with Crippen LogP contribution in [0.1, 0.15) is 72.6 Å². The van der Waals surface area contributed by atoms with Gasteiger partial charge in [-0.15, -0.1) is 0 Å². The molecule has 3 nitrogen and oxygen atoms in total. The number of hydrogen-bond donors (Lipinski definition) is 1. The maximum atomic E-state index is 10.4. The quantitative estimate of drug-likeness (QED) is 0.806.